The van der Waals surface area contributed by atoms with Gasteiger partial charge >= 0.3 is 0 Å². The van der Waals surface area contributed by atoms with Crippen LogP contribution in [0.5, 0.6) is 0 Å². The number of nitrogens with zero attached hydrogens (tertiary/aromatic N) is 3. The second kappa shape index (κ2) is 4.34. The van der Waals surface area contributed by atoms with Gasteiger partial charge in [-0.15, -0.1) is 11.8 Å². The summed E-state index contributed by atoms with van der Waals surface area (Å²) < 4.78 is 0. The van der Waals surface area contributed by atoms with E-state index >= 15 is 0 Å². The Kier molecular flexibility index (Phi) is 2.86. The summed E-state index contributed by atoms with van der Waals surface area (Å²) in [5.41, 5.74) is 1.24. The third-order valence-electron chi connectivity index (χ3n) is 3.89. The van der Waals surface area contributed by atoms with Gasteiger partial charge in [-0.25, -0.2) is 4.98 Å². The minimum atomic E-state index is 0.624. The molecule has 3 fully saturated rings. The molecule has 16 heavy (non-hydrogen) atoms. The van der Waals surface area contributed by atoms with Gasteiger partial charge in [0.25, 0.3) is 0 Å². The first-order chi connectivity index (χ1) is 7.88. The molecule has 4 rings (SSSR count). The van der Waals surface area contributed by atoms with Crippen LogP contribution in [0, 0.1) is 5.92 Å². The number of thioether (sulfide) groups is 1. The first-order valence-corrected chi connectivity index (χ1v) is 7.18. The summed E-state index contributed by atoms with van der Waals surface area (Å²) in [7, 11) is 0. The maximum absolute atomic E-state index is 4.58. The number of hydrogen-bond donors (Lipinski definition) is 0. The highest BCUT2D eigenvalue weighted by atomic mass is 32.2. The molecule has 3 saturated heterocycles. The van der Waals surface area contributed by atoms with Crippen molar-refractivity contribution in [2.24, 2.45) is 5.92 Å². The fourth-order valence-corrected chi connectivity index (χ4v) is 3.60. The van der Waals surface area contributed by atoms with E-state index in [0.717, 1.165) is 10.9 Å². The Bertz CT molecular complexity index is 374. The largest absolute Gasteiger partial charge is 0.303 e. The summed E-state index contributed by atoms with van der Waals surface area (Å²) in [6.07, 6.45) is 8.42. The van der Waals surface area contributed by atoms with Crippen LogP contribution in [0.3, 0.4) is 0 Å². The maximum Gasteiger partial charge on any atom is 0.118 e. The molecule has 0 spiro atoms. The van der Waals surface area contributed by atoms with Gasteiger partial charge in [-0.05, 0) is 38.1 Å². The first-order valence-electron chi connectivity index (χ1n) is 5.95. The van der Waals surface area contributed by atoms with Crippen molar-refractivity contribution in [3.05, 3.63) is 18.1 Å². The van der Waals surface area contributed by atoms with E-state index in [1.165, 1.54) is 38.2 Å². The fraction of sp³-hybridized carbons (Fsp3) is 0.667. The zero-order valence-electron chi connectivity index (χ0n) is 9.59. The molecule has 3 aliphatic rings. The molecular weight excluding hydrogens is 218 g/mol. The molecule has 2 bridgehead atoms. The standard InChI is InChI=1S/C12H17N3S/c1-16-12-11(13-4-5-14-12)10-8-15-6-2-9(10)3-7-15/h4-5,9-10H,2-3,6-8H2,1H3/t10-/m0/s1. The molecule has 4 heterocycles. The van der Waals surface area contributed by atoms with Crippen LogP contribution in [-0.2, 0) is 0 Å². The first kappa shape index (κ1) is 10.5. The number of hydrogen-bond acceptors (Lipinski definition) is 4. The normalized spacial score (nSPS) is 32.9. The molecule has 1 aromatic rings. The minimum Gasteiger partial charge on any atom is -0.303 e. The van der Waals surface area contributed by atoms with E-state index in [0.29, 0.717) is 5.92 Å². The van der Waals surface area contributed by atoms with Crippen molar-refractivity contribution in [3.63, 3.8) is 0 Å². The average Bonchev–Trinajstić information content (AvgIpc) is 2.40. The Labute approximate surface area is 101 Å². The van der Waals surface area contributed by atoms with Gasteiger partial charge < -0.3 is 4.90 Å². The Balaban J connectivity index is 1.91. The average molecular weight is 235 g/mol. The van der Waals surface area contributed by atoms with Gasteiger partial charge in [0.15, 0.2) is 0 Å². The van der Waals surface area contributed by atoms with Gasteiger partial charge in [0.1, 0.15) is 5.03 Å². The molecule has 1 atom stereocenters. The van der Waals surface area contributed by atoms with Crippen molar-refractivity contribution in [3.8, 4) is 0 Å². The lowest BCUT2D eigenvalue weighted by molar-refractivity contribution is 0.0840. The Morgan fingerprint density at radius 3 is 2.62 bits per heavy atom. The predicted octanol–water partition coefficient (Wildman–Crippen LogP) is 2.01. The van der Waals surface area contributed by atoms with E-state index in [9.17, 15) is 0 Å². The van der Waals surface area contributed by atoms with Gasteiger partial charge in [-0.1, -0.05) is 0 Å². The van der Waals surface area contributed by atoms with Crippen LogP contribution in [-0.4, -0.2) is 40.8 Å². The Morgan fingerprint density at radius 1 is 1.25 bits per heavy atom. The number of aromatic nitrogens is 2. The third kappa shape index (κ3) is 1.74. The third-order valence-corrected chi connectivity index (χ3v) is 4.59. The van der Waals surface area contributed by atoms with Crippen LogP contribution in [0.4, 0.5) is 0 Å². The van der Waals surface area contributed by atoms with Crippen molar-refractivity contribution in [1.82, 2.24) is 14.9 Å². The lowest BCUT2D eigenvalue weighted by Crippen LogP contribution is -2.46. The van der Waals surface area contributed by atoms with Crippen LogP contribution >= 0.6 is 11.8 Å². The summed E-state index contributed by atoms with van der Waals surface area (Å²) in [6, 6.07) is 0. The fourth-order valence-electron chi connectivity index (χ4n) is 3.02. The topological polar surface area (TPSA) is 29.0 Å². The molecule has 0 amide bonds. The van der Waals surface area contributed by atoms with Crippen LogP contribution in [0.1, 0.15) is 24.5 Å². The molecular formula is C12H17N3S. The molecule has 86 valence electrons. The number of rotatable bonds is 2. The summed E-state index contributed by atoms with van der Waals surface area (Å²) >= 11 is 1.72. The monoisotopic (exact) mass is 235 g/mol. The van der Waals surface area contributed by atoms with Crippen LogP contribution in [0.15, 0.2) is 17.4 Å². The second-order valence-electron chi connectivity index (χ2n) is 4.70. The molecule has 3 aliphatic heterocycles. The van der Waals surface area contributed by atoms with Crippen molar-refractivity contribution in [1.29, 1.82) is 0 Å². The van der Waals surface area contributed by atoms with E-state index in [2.05, 4.69) is 21.1 Å². The molecule has 0 N–H and O–H groups in total. The molecule has 1 aromatic heterocycles. The zero-order valence-corrected chi connectivity index (χ0v) is 10.4. The van der Waals surface area contributed by atoms with Crippen molar-refractivity contribution >= 4 is 11.8 Å². The van der Waals surface area contributed by atoms with Crippen LogP contribution < -0.4 is 0 Å². The van der Waals surface area contributed by atoms with Gasteiger partial charge in [-0.2, -0.15) is 0 Å². The molecule has 0 saturated carbocycles. The molecule has 0 unspecified atom stereocenters. The van der Waals surface area contributed by atoms with Gasteiger partial charge in [0.05, 0.1) is 5.69 Å². The lowest BCUT2D eigenvalue weighted by atomic mass is 9.77. The summed E-state index contributed by atoms with van der Waals surface area (Å²) in [6.45, 7) is 3.77. The Hall–Kier alpha value is -0.610. The van der Waals surface area contributed by atoms with E-state index in [-0.39, 0.29) is 0 Å². The highest BCUT2D eigenvalue weighted by molar-refractivity contribution is 7.98. The van der Waals surface area contributed by atoms with E-state index in [1.54, 1.807) is 18.0 Å². The highest BCUT2D eigenvalue weighted by Crippen LogP contribution is 2.40. The van der Waals surface area contributed by atoms with Crippen LogP contribution in [0.2, 0.25) is 0 Å². The van der Waals surface area contributed by atoms with E-state index in [1.807, 2.05) is 6.20 Å². The second-order valence-corrected chi connectivity index (χ2v) is 5.49. The van der Waals surface area contributed by atoms with Crippen molar-refractivity contribution < 1.29 is 0 Å². The summed E-state index contributed by atoms with van der Waals surface area (Å²) in [5.74, 6) is 1.46. The maximum atomic E-state index is 4.58. The molecule has 0 aromatic carbocycles. The van der Waals surface area contributed by atoms with Gasteiger partial charge in [0.2, 0.25) is 0 Å². The Morgan fingerprint density at radius 2 is 2.00 bits per heavy atom. The molecule has 3 nitrogen and oxygen atoms in total. The van der Waals surface area contributed by atoms with Gasteiger partial charge in [-0.3, -0.25) is 4.98 Å². The molecule has 0 radical (unpaired) electrons. The smallest absolute Gasteiger partial charge is 0.118 e. The van der Waals surface area contributed by atoms with E-state index < -0.39 is 0 Å². The van der Waals surface area contributed by atoms with Crippen molar-refractivity contribution in [2.45, 2.75) is 23.8 Å². The minimum absolute atomic E-state index is 0.624. The summed E-state index contributed by atoms with van der Waals surface area (Å²) in [5, 5.41) is 1.13. The van der Waals surface area contributed by atoms with E-state index in [4.69, 9.17) is 0 Å². The van der Waals surface area contributed by atoms with Crippen LogP contribution in [0.25, 0.3) is 0 Å². The zero-order chi connectivity index (χ0) is 11.0. The molecule has 4 heteroatoms. The van der Waals surface area contributed by atoms with Crippen molar-refractivity contribution in [2.75, 3.05) is 25.9 Å². The van der Waals surface area contributed by atoms with Gasteiger partial charge in [0, 0.05) is 24.9 Å². The number of piperidine rings is 3. The number of fused-ring (bicyclic) bond motifs is 3. The summed E-state index contributed by atoms with van der Waals surface area (Å²) in [4.78, 5) is 11.6. The lowest BCUT2D eigenvalue weighted by Gasteiger charge is -2.44. The highest BCUT2D eigenvalue weighted by Gasteiger charge is 2.36. The quantitative estimate of drug-likeness (QED) is 0.733. The molecule has 0 aliphatic carbocycles. The predicted molar refractivity (Wildman–Crippen MR) is 65.7 cm³/mol. The SMILES string of the molecule is CSc1nccnc1[C@H]1CN2CCC1CC2.